The molecule has 6 nitrogen and oxygen atoms in total. The van der Waals surface area contributed by atoms with Crippen LogP contribution in [0.3, 0.4) is 0 Å². The monoisotopic (exact) mass is 429 g/mol. The number of rotatable bonds is 8. The van der Waals surface area contributed by atoms with Crippen molar-refractivity contribution in [2.45, 2.75) is 18.9 Å². The van der Waals surface area contributed by atoms with Crippen molar-refractivity contribution in [3.05, 3.63) is 96.3 Å². The van der Waals surface area contributed by atoms with E-state index in [9.17, 15) is 14.7 Å². The summed E-state index contributed by atoms with van der Waals surface area (Å²) in [7, 11) is 0. The number of aliphatic carboxylic acids is 1. The van der Waals surface area contributed by atoms with Gasteiger partial charge in [-0.3, -0.25) is 0 Å². The van der Waals surface area contributed by atoms with Crippen LogP contribution in [-0.2, 0) is 22.4 Å². The summed E-state index contributed by atoms with van der Waals surface area (Å²) in [5.41, 5.74) is 3.80. The van der Waals surface area contributed by atoms with Gasteiger partial charge in [0.2, 0.25) is 0 Å². The highest BCUT2D eigenvalue weighted by atomic mass is 16.5. The highest BCUT2D eigenvalue weighted by Gasteiger charge is 2.21. The Morgan fingerprint density at radius 1 is 0.906 bits per heavy atom. The first-order valence-electron chi connectivity index (χ1n) is 10.4. The topological polar surface area (TPSA) is 88.8 Å². The van der Waals surface area contributed by atoms with Gasteiger partial charge >= 0.3 is 12.1 Å². The van der Waals surface area contributed by atoms with Crippen LogP contribution in [0.1, 0.15) is 11.3 Å². The number of benzene rings is 3. The van der Waals surface area contributed by atoms with Gasteiger partial charge in [-0.1, -0.05) is 66.7 Å². The zero-order valence-electron chi connectivity index (χ0n) is 17.4. The van der Waals surface area contributed by atoms with E-state index in [4.69, 9.17) is 9.15 Å². The van der Waals surface area contributed by atoms with E-state index in [1.807, 2.05) is 66.7 Å². The molecule has 0 aliphatic carbocycles. The maximum absolute atomic E-state index is 12.1. The van der Waals surface area contributed by atoms with E-state index in [0.29, 0.717) is 12.2 Å². The maximum Gasteiger partial charge on any atom is 0.407 e. The lowest BCUT2D eigenvalue weighted by Gasteiger charge is -2.14. The number of ether oxygens (including phenoxy) is 1. The highest BCUT2D eigenvalue weighted by Crippen LogP contribution is 2.26. The third kappa shape index (κ3) is 5.35. The van der Waals surface area contributed by atoms with Crippen molar-refractivity contribution in [3.8, 4) is 11.1 Å². The van der Waals surface area contributed by atoms with E-state index >= 15 is 0 Å². The van der Waals surface area contributed by atoms with Crippen molar-refractivity contribution < 1.29 is 23.8 Å². The van der Waals surface area contributed by atoms with Crippen molar-refractivity contribution in [2.24, 2.45) is 0 Å². The lowest BCUT2D eigenvalue weighted by Crippen LogP contribution is -2.42. The molecule has 4 aromatic rings. The Morgan fingerprint density at radius 2 is 1.62 bits per heavy atom. The lowest BCUT2D eigenvalue weighted by molar-refractivity contribution is -0.139. The number of furan rings is 1. The molecule has 0 saturated carbocycles. The third-order valence-electron chi connectivity index (χ3n) is 5.13. The van der Waals surface area contributed by atoms with E-state index in [1.54, 1.807) is 0 Å². The Hall–Kier alpha value is -4.06. The number of carbonyl (C=O) groups is 2. The normalized spacial score (nSPS) is 11.8. The number of carboxylic acid groups (broad SMARTS) is 1. The van der Waals surface area contributed by atoms with E-state index in [-0.39, 0.29) is 13.0 Å². The van der Waals surface area contributed by atoms with Crippen molar-refractivity contribution in [3.63, 3.8) is 0 Å². The molecule has 0 radical (unpaired) electrons. The Morgan fingerprint density at radius 3 is 2.34 bits per heavy atom. The third-order valence-corrected chi connectivity index (χ3v) is 5.13. The summed E-state index contributed by atoms with van der Waals surface area (Å²) >= 11 is 0. The van der Waals surface area contributed by atoms with Crippen molar-refractivity contribution in [1.29, 1.82) is 0 Å². The quantitative estimate of drug-likeness (QED) is 0.408. The number of amides is 1. The summed E-state index contributed by atoms with van der Waals surface area (Å²) in [6, 6.07) is 26.1. The van der Waals surface area contributed by atoms with Crippen LogP contribution in [0.5, 0.6) is 0 Å². The minimum absolute atomic E-state index is 0.0782. The molecular weight excluding hydrogens is 406 g/mol. The van der Waals surface area contributed by atoms with Crippen LogP contribution in [0.25, 0.3) is 22.1 Å². The molecule has 0 aliphatic heterocycles. The summed E-state index contributed by atoms with van der Waals surface area (Å²) in [5.74, 6) is -0.422. The van der Waals surface area contributed by atoms with Crippen LogP contribution in [-0.4, -0.2) is 29.8 Å². The zero-order valence-corrected chi connectivity index (χ0v) is 17.4. The minimum atomic E-state index is -1.11. The zero-order chi connectivity index (χ0) is 22.3. The number of carboxylic acids is 1. The summed E-state index contributed by atoms with van der Waals surface area (Å²) < 4.78 is 11.0. The molecule has 0 unspecified atom stereocenters. The average molecular weight is 429 g/mol. The standard InChI is InChI=1S/C26H23NO5/c28-25(29)23(15-18-7-3-1-4-8-18)27-26(30)31-14-13-22-17-21-16-20(11-12-24(21)32-22)19-9-5-2-6-10-19/h1-12,16-17,23H,13-15H2,(H,27,30)(H,28,29)/t23-/m0/s1. The van der Waals surface area contributed by atoms with Gasteiger partial charge in [-0.25, -0.2) is 9.59 Å². The predicted molar refractivity (Wildman–Crippen MR) is 121 cm³/mol. The SMILES string of the molecule is O=C(N[C@@H](Cc1ccccc1)C(=O)O)OCCc1cc2cc(-c3ccccc3)ccc2o1. The van der Waals surface area contributed by atoms with Gasteiger partial charge in [0.15, 0.2) is 0 Å². The number of carbonyl (C=O) groups excluding carboxylic acids is 1. The molecule has 162 valence electrons. The number of hydrogen-bond donors (Lipinski definition) is 2. The molecule has 1 atom stereocenters. The van der Waals surface area contributed by atoms with Crippen LogP contribution in [0.2, 0.25) is 0 Å². The molecule has 1 heterocycles. The number of nitrogens with one attached hydrogen (secondary N) is 1. The van der Waals surface area contributed by atoms with Gasteiger partial charge < -0.3 is 19.6 Å². The molecule has 0 bridgehead atoms. The van der Waals surface area contributed by atoms with E-state index < -0.39 is 18.1 Å². The van der Waals surface area contributed by atoms with Crippen LogP contribution in [0.4, 0.5) is 4.79 Å². The number of alkyl carbamates (subject to hydrolysis) is 1. The smallest absolute Gasteiger partial charge is 0.407 e. The molecule has 0 saturated heterocycles. The van der Waals surface area contributed by atoms with Gasteiger partial charge in [-0.15, -0.1) is 0 Å². The van der Waals surface area contributed by atoms with Gasteiger partial charge in [-0.2, -0.15) is 0 Å². The first kappa shape index (κ1) is 21.2. The summed E-state index contributed by atoms with van der Waals surface area (Å²) in [6.07, 6.45) is -0.201. The van der Waals surface area contributed by atoms with Gasteiger partial charge in [0.25, 0.3) is 0 Å². The van der Waals surface area contributed by atoms with Crippen LogP contribution in [0.15, 0.2) is 89.3 Å². The predicted octanol–water partition coefficient (Wildman–Crippen LogP) is 5.06. The van der Waals surface area contributed by atoms with Crippen molar-refractivity contribution >= 4 is 23.0 Å². The van der Waals surface area contributed by atoms with Crippen LogP contribution in [0, 0.1) is 0 Å². The largest absolute Gasteiger partial charge is 0.480 e. The fourth-order valence-electron chi connectivity index (χ4n) is 3.51. The Balaban J connectivity index is 1.32. The molecule has 1 amide bonds. The van der Waals surface area contributed by atoms with Crippen molar-refractivity contribution in [2.75, 3.05) is 6.61 Å². The molecule has 2 N–H and O–H groups in total. The first-order chi connectivity index (χ1) is 15.6. The van der Waals surface area contributed by atoms with E-state index in [0.717, 1.165) is 27.7 Å². The summed E-state index contributed by atoms with van der Waals surface area (Å²) in [4.78, 5) is 23.6. The van der Waals surface area contributed by atoms with E-state index in [2.05, 4.69) is 23.5 Å². The van der Waals surface area contributed by atoms with Gasteiger partial charge in [0.1, 0.15) is 24.0 Å². The Labute approximate surface area is 185 Å². The second-order valence-corrected chi connectivity index (χ2v) is 7.44. The highest BCUT2D eigenvalue weighted by molar-refractivity contribution is 5.84. The van der Waals surface area contributed by atoms with Crippen LogP contribution >= 0.6 is 0 Å². The molecule has 6 heteroatoms. The van der Waals surface area contributed by atoms with E-state index in [1.165, 1.54) is 0 Å². The second-order valence-electron chi connectivity index (χ2n) is 7.44. The van der Waals surface area contributed by atoms with Gasteiger partial charge in [0, 0.05) is 18.2 Å². The molecule has 0 spiro atoms. The molecule has 32 heavy (non-hydrogen) atoms. The summed E-state index contributed by atoms with van der Waals surface area (Å²) in [5, 5.41) is 12.8. The molecular formula is C26H23NO5. The number of hydrogen-bond acceptors (Lipinski definition) is 4. The Kier molecular flexibility index (Phi) is 6.51. The fourth-order valence-corrected chi connectivity index (χ4v) is 3.51. The second kappa shape index (κ2) is 9.83. The molecule has 3 aromatic carbocycles. The van der Waals surface area contributed by atoms with Crippen LogP contribution < -0.4 is 5.32 Å². The summed E-state index contributed by atoms with van der Waals surface area (Å²) in [6.45, 7) is 0.0782. The molecule has 0 fully saturated rings. The van der Waals surface area contributed by atoms with Crippen molar-refractivity contribution in [1.82, 2.24) is 5.32 Å². The molecule has 1 aromatic heterocycles. The Bertz CT molecular complexity index is 1200. The molecule has 4 rings (SSSR count). The maximum atomic E-state index is 12.1. The van der Waals surface area contributed by atoms with Gasteiger partial charge in [0.05, 0.1) is 0 Å². The minimum Gasteiger partial charge on any atom is -0.480 e. The number of fused-ring (bicyclic) bond motifs is 1. The molecule has 0 aliphatic rings. The van der Waals surface area contributed by atoms with Gasteiger partial charge in [-0.05, 0) is 34.9 Å². The average Bonchev–Trinajstić information content (AvgIpc) is 3.22. The first-order valence-corrected chi connectivity index (χ1v) is 10.4. The lowest BCUT2D eigenvalue weighted by atomic mass is 10.0. The fraction of sp³-hybridized carbons (Fsp3) is 0.154.